The maximum Gasteiger partial charge on any atom is 0.101 e. The third-order valence-electron chi connectivity index (χ3n) is 2.20. The van der Waals surface area contributed by atoms with Crippen LogP contribution in [0.15, 0.2) is 18.2 Å². The molecule has 1 aromatic carbocycles. The largest absolute Gasteiger partial charge is 0.384 e. The molecule has 0 bridgehead atoms. The fourth-order valence-corrected chi connectivity index (χ4v) is 1.55. The smallest absolute Gasteiger partial charge is 0.101 e. The van der Waals surface area contributed by atoms with Crippen LogP contribution in [0, 0.1) is 11.3 Å². The van der Waals surface area contributed by atoms with Crippen molar-refractivity contribution < 1.29 is 0 Å². The number of hydrogen-bond acceptors (Lipinski definition) is 3. The van der Waals surface area contributed by atoms with Crippen LogP contribution in [0.2, 0.25) is 5.02 Å². The van der Waals surface area contributed by atoms with Crippen molar-refractivity contribution in [1.82, 2.24) is 4.90 Å². The van der Waals surface area contributed by atoms with Crippen LogP contribution in [-0.2, 0) is 0 Å². The Morgan fingerprint density at radius 1 is 1.44 bits per heavy atom. The van der Waals surface area contributed by atoms with Gasteiger partial charge in [0.1, 0.15) is 6.07 Å². The molecule has 0 radical (unpaired) electrons. The zero-order valence-corrected chi connectivity index (χ0v) is 10.4. The van der Waals surface area contributed by atoms with Crippen LogP contribution in [-0.4, -0.2) is 32.1 Å². The first-order chi connectivity index (χ1) is 7.63. The van der Waals surface area contributed by atoms with E-state index in [1.54, 1.807) is 12.1 Å². The van der Waals surface area contributed by atoms with Crippen molar-refractivity contribution >= 4 is 17.3 Å². The molecular weight excluding hydrogens is 222 g/mol. The van der Waals surface area contributed by atoms with Crippen LogP contribution in [0.1, 0.15) is 12.0 Å². The van der Waals surface area contributed by atoms with Gasteiger partial charge in [0, 0.05) is 11.6 Å². The van der Waals surface area contributed by atoms with Gasteiger partial charge in [0.25, 0.3) is 0 Å². The van der Waals surface area contributed by atoms with Gasteiger partial charge in [0.05, 0.1) is 11.3 Å². The Labute approximate surface area is 102 Å². The highest BCUT2D eigenvalue weighted by Gasteiger charge is 2.01. The van der Waals surface area contributed by atoms with Gasteiger partial charge in [0.15, 0.2) is 0 Å². The molecule has 1 N–H and O–H groups in total. The van der Waals surface area contributed by atoms with Crippen molar-refractivity contribution in [3.8, 4) is 6.07 Å². The zero-order chi connectivity index (χ0) is 12.0. The first kappa shape index (κ1) is 12.8. The molecule has 0 saturated heterocycles. The molecule has 0 saturated carbocycles. The topological polar surface area (TPSA) is 39.1 Å². The van der Waals surface area contributed by atoms with Crippen molar-refractivity contribution in [3.05, 3.63) is 28.8 Å². The minimum atomic E-state index is 0.593. The molecule has 4 heteroatoms. The van der Waals surface area contributed by atoms with E-state index in [4.69, 9.17) is 16.9 Å². The molecule has 0 aliphatic carbocycles. The number of halogens is 1. The number of anilines is 1. The summed E-state index contributed by atoms with van der Waals surface area (Å²) in [6.07, 6.45) is 1.04. The molecule has 0 aliphatic heterocycles. The summed E-state index contributed by atoms with van der Waals surface area (Å²) in [5.41, 5.74) is 1.45. The summed E-state index contributed by atoms with van der Waals surface area (Å²) >= 11 is 5.81. The van der Waals surface area contributed by atoms with E-state index < -0.39 is 0 Å². The van der Waals surface area contributed by atoms with E-state index in [-0.39, 0.29) is 0 Å². The lowest BCUT2D eigenvalue weighted by atomic mass is 10.2. The van der Waals surface area contributed by atoms with Gasteiger partial charge in [-0.2, -0.15) is 5.26 Å². The van der Waals surface area contributed by atoms with E-state index in [1.807, 2.05) is 20.2 Å². The monoisotopic (exact) mass is 237 g/mol. The van der Waals surface area contributed by atoms with Crippen LogP contribution in [0.25, 0.3) is 0 Å². The summed E-state index contributed by atoms with van der Waals surface area (Å²) in [6.45, 7) is 1.89. The molecule has 0 aromatic heterocycles. The number of nitrogens with one attached hydrogen (secondary N) is 1. The van der Waals surface area contributed by atoms with E-state index >= 15 is 0 Å². The summed E-state index contributed by atoms with van der Waals surface area (Å²) < 4.78 is 0. The van der Waals surface area contributed by atoms with Crippen molar-refractivity contribution in [1.29, 1.82) is 5.26 Å². The van der Waals surface area contributed by atoms with Gasteiger partial charge in [-0.3, -0.25) is 0 Å². The van der Waals surface area contributed by atoms with Crippen LogP contribution in [0.3, 0.4) is 0 Å². The second-order valence-corrected chi connectivity index (χ2v) is 4.32. The fraction of sp³-hybridized carbons (Fsp3) is 0.417. The Kier molecular flexibility index (Phi) is 5.10. The molecule has 0 heterocycles. The van der Waals surface area contributed by atoms with Crippen LogP contribution >= 0.6 is 11.6 Å². The Balaban J connectivity index is 2.51. The molecule has 0 amide bonds. The normalized spacial score (nSPS) is 10.2. The highest BCUT2D eigenvalue weighted by Crippen LogP contribution is 2.19. The van der Waals surface area contributed by atoms with Gasteiger partial charge in [0.2, 0.25) is 0 Å². The third-order valence-corrected chi connectivity index (χ3v) is 2.43. The fourth-order valence-electron chi connectivity index (χ4n) is 1.38. The van der Waals surface area contributed by atoms with Crippen molar-refractivity contribution in [2.45, 2.75) is 6.42 Å². The van der Waals surface area contributed by atoms with E-state index in [0.717, 1.165) is 25.2 Å². The SMILES string of the molecule is CN(C)CCCNc1ccc(Cl)cc1C#N. The molecule has 3 nitrogen and oxygen atoms in total. The Bertz CT molecular complexity index is 382. The molecule has 1 rings (SSSR count). The van der Waals surface area contributed by atoms with Crippen LogP contribution in [0.4, 0.5) is 5.69 Å². The second kappa shape index (κ2) is 6.37. The molecular formula is C12H16ClN3. The number of nitriles is 1. The summed E-state index contributed by atoms with van der Waals surface area (Å²) in [6, 6.07) is 7.44. The molecule has 0 aliphatic rings. The highest BCUT2D eigenvalue weighted by molar-refractivity contribution is 6.30. The van der Waals surface area contributed by atoms with E-state index in [1.165, 1.54) is 0 Å². The van der Waals surface area contributed by atoms with Gasteiger partial charge < -0.3 is 10.2 Å². The minimum Gasteiger partial charge on any atom is -0.384 e. The second-order valence-electron chi connectivity index (χ2n) is 3.89. The van der Waals surface area contributed by atoms with E-state index in [0.29, 0.717) is 10.6 Å². The first-order valence-corrected chi connectivity index (χ1v) is 5.59. The Morgan fingerprint density at radius 2 is 2.19 bits per heavy atom. The van der Waals surface area contributed by atoms with E-state index in [9.17, 15) is 0 Å². The molecule has 1 aromatic rings. The predicted molar refractivity (Wildman–Crippen MR) is 67.8 cm³/mol. The van der Waals surface area contributed by atoms with Gasteiger partial charge in [-0.05, 0) is 45.3 Å². The van der Waals surface area contributed by atoms with Gasteiger partial charge in [-0.15, -0.1) is 0 Å². The van der Waals surface area contributed by atoms with Crippen molar-refractivity contribution in [3.63, 3.8) is 0 Å². The lowest BCUT2D eigenvalue weighted by Crippen LogP contribution is -2.16. The molecule has 0 unspecified atom stereocenters. The van der Waals surface area contributed by atoms with Crippen LogP contribution in [0.5, 0.6) is 0 Å². The van der Waals surface area contributed by atoms with Gasteiger partial charge in [-0.1, -0.05) is 11.6 Å². The maximum absolute atomic E-state index is 8.93. The standard InChI is InChI=1S/C12H16ClN3/c1-16(2)7-3-6-15-12-5-4-11(13)8-10(12)9-14/h4-5,8,15H,3,6-7H2,1-2H3. The van der Waals surface area contributed by atoms with Crippen molar-refractivity contribution in [2.75, 3.05) is 32.5 Å². The molecule has 86 valence electrons. The average molecular weight is 238 g/mol. The first-order valence-electron chi connectivity index (χ1n) is 5.21. The highest BCUT2D eigenvalue weighted by atomic mass is 35.5. The average Bonchev–Trinajstić information content (AvgIpc) is 2.25. The minimum absolute atomic E-state index is 0.593. The Hall–Kier alpha value is -1.24. The van der Waals surface area contributed by atoms with Crippen LogP contribution < -0.4 is 5.32 Å². The molecule has 0 fully saturated rings. The van der Waals surface area contributed by atoms with Gasteiger partial charge in [-0.25, -0.2) is 0 Å². The van der Waals surface area contributed by atoms with Crippen molar-refractivity contribution in [2.24, 2.45) is 0 Å². The Morgan fingerprint density at radius 3 is 2.81 bits per heavy atom. The summed E-state index contributed by atoms with van der Waals surface area (Å²) in [7, 11) is 4.09. The summed E-state index contributed by atoms with van der Waals surface area (Å²) in [5, 5.41) is 12.8. The number of benzene rings is 1. The molecule has 16 heavy (non-hydrogen) atoms. The third kappa shape index (κ3) is 4.09. The number of rotatable bonds is 5. The lowest BCUT2D eigenvalue weighted by molar-refractivity contribution is 0.405. The lowest BCUT2D eigenvalue weighted by Gasteiger charge is -2.11. The van der Waals surface area contributed by atoms with Gasteiger partial charge >= 0.3 is 0 Å². The summed E-state index contributed by atoms with van der Waals surface area (Å²) in [5.74, 6) is 0. The quantitative estimate of drug-likeness (QED) is 0.801. The number of nitrogens with zero attached hydrogens (tertiary/aromatic N) is 2. The predicted octanol–water partition coefficient (Wildman–Crippen LogP) is 2.58. The zero-order valence-electron chi connectivity index (χ0n) is 9.63. The maximum atomic E-state index is 8.93. The van der Waals surface area contributed by atoms with E-state index in [2.05, 4.69) is 16.3 Å². The molecule has 0 atom stereocenters. The number of hydrogen-bond donors (Lipinski definition) is 1. The summed E-state index contributed by atoms with van der Waals surface area (Å²) in [4.78, 5) is 2.13. The molecule has 0 spiro atoms.